The van der Waals surface area contributed by atoms with E-state index in [1.165, 1.54) is 17.9 Å². The second-order valence-corrected chi connectivity index (χ2v) is 9.10. The minimum atomic E-state index is -1.23. The zero-order chi connectivity index (χ0) is 24.9. The third kappa shape index (κ3) is 5.00. The Balaban J connectivity index is 2.06. The molecule has 0 saturated carbocycles. The fraction of sp³-hybridized carbons (Fsp3) is 0.538. The van der Waals surface area contributed by atoms with Gasteiger partial charge in [-0.2, -0.15) is 5.10 Å². The highest BCUT2D eigenvalue weighted by molar-refractivity contribution is 6.12. The van der Waals surface area contributed by atoms with Crippen molar-refractivity contribution in [3.8, 4) is 0 Å². The number of nitrogens with zero attached hydrogens (tertiary/aromatic N) is 3. The average molecular weight is 469 g/mol. The largest absolute Gasteiger partial charge is 0.464 e. The van der Waals surface area contributed by atoms with E-state index in [9.17, 15) is 14.4 Å². The number of benzene rings is 1. The summed E-state index contributed by atoms with van der Waals surface area (Å²) in [4.78, 5) is 41.2. The predicted octanol–water partition coefficient (Wildman–Crippen LogP) is 4.13. The quantitative estimate of drug-likeness (QED) is 0.529. The summed E-state index contributed by atoms with van der Waals surface area (Å²) in [5, 5.41) is 7.51. The second-order valence-electron chi connectivity index (χ2n) is 9.10. The zero-order valence-electron chi connectivity index (χ0n) is 20.9. The molecule has 184 valence electrons. The molecule has 8 heteroatoms. The van der Waals surface area contributed by atoms with E-state index in [0.717, 1.165) is 44.1 Å². The molecule has 2 atom stereocenters. The van der Waals surface area contributed by atoms with Crippen LogP contribution >= 0.6 is 0 Å². The molecule has 0 spiro atoms. The van der Waals surface area contributed by atoms with Crippen LogP contribution in [0.5, 0.6) is 0 Å². The lowest BCUT2D eigenvalue weighted by Gasteiger charge is -2.43. The Hall–Kier alpha value is -3.16. The van der Waals surface area contributed by atoms with Crippen molar-refractivity contribution in [1.29, 1.82) is 0 Å². The van der Waals surface area contributed by atoms with Crippen molar-refractivity contribution in [2.24, 2.45) is 0 Å². The first-order valence-corrected chi connectivity index (χ1v) is 12.2. The number of aromatic nitrogens is 2. The molecule has 0 saturated heterocycles. The number of amides is 2. The molecule has 8 nitrogen and oxygen atoms in total. The number of fused-ring (bicyclic) bond motifs is 1. The molecular formula is C26H36N4O4. The van der Waals surface area contributed by atoms with Crippen LogP contribution < -0.4 is 10.2 Å². The highest BCUT2D eigenvalue weighted by Crippen LogP contribution is 2.33. The molecule has 1 aliphatic heterocycles. The zero-order valence-corrected chi connectivity index (χ0v) is 20.9. The first-order chi connectivity index (χ1) is 16.3. The highest BCUT2D eigenvalue weighted by Gasteiger charge is 2.49. The number of hydrogen-bond acceptors (Lipinski definition) is 5. The molecule has 1 aromatic carbocycles. The first kappa shape index (κ1) is 25.5. The lowest BCUT2D eigenvalue weighted by molar-refractivity contribution is -0.127. The summed E-state index contributed by atoms with van der Waals surface area (Å²) in [7, 11) is 1.27. The molecule has 2 amide bonds. The Bertz CT molecular complexity index is 1050. The van der Waals surface area contributed by atoms with Gasteiger partial charge in [-0.1, -0.05) is 52.2 Å². The van der Waals surface area contributed by atoms with Gasteiger partial charge in [-0.15, -0.1) is 0 Å². The number of methoxy groups -OCH3 is 1. The van der Waals surface area contributed by atoms with Crippen LogP contribution in [0.2, 0.25) is 0 Å². The molecule has 0 bridgehead atoms. The van der Waals surface area contributed by atoms with E-state index in [-0.39, 0.29) is 35.8 Å². The van der Waals surface area contributed by atoms with E-state index in [1.807, 2.05) is 31.2 Å². The maximum atomic E-state index is 13.8. The molecule has 1 aromatic heterocycles. The van der Waals surface area contributed by atoms with Crippen molar-refractivity contribution in [2.45, 2.75) is 84.3 Å². The van der Waals surface area contributed by atoms with Crippen molar-refractivity contribution < 1.29 is 19.1 Å². The summed E-state index contributed by atoms with van der Waals surface area (Å²) >= 11 is 0. The van der Waals surface area contributed by atoms with Crippen LogP contribution in [0, 0.1) is 0 Å². The first-order valence-electron chi connectivity index (χ1n) is 12.2. The van der Waals surface area contributed by atoms with Gasteiger partial charge >= 0.3 is 5.97 Å². The van der Waals surface area contributed by atoms with Crippen LogP contribution in [-0.4, -0.2) is 46.3 Å². The Morgan fingerprint density at radius 2 is 1.94 bits per heavy atom. The van der Waals surface area contributed by atoms with Crippen LogP contribution in [0.15, 0.2) is 30.3 Å². The molecule has 0 radical (unpaired) electrons. The number of rotatable bonds is 10. The highest BCUT2D eigenvalue weighted by atomic mass is 16.5. The number of carbonyl (C=O) groups excluding carboxylic acids is 3. The molecule has 3 rings (SSSR count). The van der Waals surface area contributed by atoms with Gasteiger partial charge in [0.25, 0.3) is 5.91 Å². The van der Waals surface area contributed by atoms with Gasteiger partial charge in [0, 0.05) is 17.8 Å². The molecule has 2 heterocycles. The van der Waals surface area contributed by atoms with Crippen LogP contribution in [0.3, 0.4) is 0 Å². The lowest BCUT2D eigenvalue weighted by Crippen LogP contribution is -2.65. The van der Waals surface area contributed by atoms with Crippen molar-refractivity contribution in [3.63, 3.8) is 0 Å². The lowest BCUT2D eigenvalue weighted by atomic mass is 9.92. The molecule has 1 N–H and O–H groups in total. The van der Waals surface area contributed by atoms with E-state index < -0.39 is 11.5 Å². The summed E-state index contributed by atoms with van der Waals surface area (Å²) in [5.41, 5.74) is 0.783. The number of anilines is 1. The molecule has 0 aliphatic carbocycles. The van der Waals surface area contributed by atoms with Crippen LogP contribution in [0.25, 0.3) is 0 Å². The summed E-state index contributed by atoms with van der Waals surface area (Å²) < 4.78 is 6.24. The maximum absolute atomic E-state index is 13.8. The molecular weight excluding hydrogens is 432 g/mol. The van der Waals surface area contributed by atoms with Crippen molar-refractivity contribution in [1.82, 2.24) is 15.1 Å². The van der Waals surface area contributed by atoms with Crippen molar-refractivity contribution >= 4 is 23.5 Å². The average Bonchev–Trinajstić information content (AvgIpc) is 3.26. The topological polar surface area (TPSA) is 93.5 Å². The van der Waals surface area contributed by atoms with Gasteiger partial charge in [0.05, 0.1) is 13.7 Å². The minimum Gasteiger partial charge on any atom is -0.464 e. The molecule has 2 unspecified atom stereocenters. The number of nitrogens with one attached hydrogen (secondary N) is 1. The van der Waals surface area contributed by atoms with Gasteiger partial charge in [-0.05, 0) is 43.9 Å². The van der Waals surface area contributed by atoms with Crippen LogP contribution in [-0.2, 0) is 22.5 Å². The third-order valence-corrected chi connectivity index (χ3v) is 6.49. The fourth-order valence-corrected chi connectivity index (χ4v) is 4.53. The number of carbonyl (C=O) groups is 3. The molecule has 0 fully saturated rings. The minimum absolute atomic E-state index is 0.0397. The van der Waals surface area contributed by atoms with Crippen molar-refractivity contribution in [3.05, 3.63) is 47.3 Å². The van der Waals surface area contributed by atoms with Crippen molar-refractivity contribution in [2.75, 3.05) is 12.0 Å². The van der Waals surface area contributed by atoms with Gasteiger partial charge in [0.2, 0.25) is 5.91 Å². The van der Waals surface area contributed by atoms with Gasteiger partial charge in [0.1, 0.15) is 11.2 Å². The van der Waals surface area contributed by atoms with E-state index in [0.29, 0.717) is 5.69 Å². The number of ether oxygens (including phenoxy) is 1. The van der Waals surface area contributed by atoms with Crippen LogP contribution in [0.4, 0.5) is 5.69 Å². The smallest absolute Gasteiger partial charge is 0.358 e. The van der Waals surface area contributed by atoms with E-state index >= 15 is 0 Å². The SMILES string of the molecule is CCCCC(CCC)NC(=O)C1(C)Cn2nc(C(=O)OC)cc2C(=O)N1c1cccc(CC)c1. The second kappa shape index (κ2) is 10.8. The Morgan fingerprint density at radius 1 is 1.18 bits per heavy atom. The van der Waals surface area contributed by atoms with E-state index in [2.05, 4.69) is 24.3 Å². The Kier molecular flexibility index (Phi) is 8.12. The molecule has 1 aliphatic rings. The normalized spacial score (nSPS) is 18.4. The monoisotopic (exact) mass is 468 g/mol. The van der Waals surface area contributed by atoms with E-state index in [4.69, 9.17) is 4.74 Å². The Morgan fingerprint density at radius 3 is 2.59 bits per heavy atom. The standard InChI is InChI=1S/C26H36N4O4/c1-6-9-13-19(11-7-2)27-25(33)26(4)17-29-22(16-21(28-29)24(32)34-5)23(31)30(26)20-14-10-12-18(8-3)15-20/h10,12,14-16,19H,6-9,11,13,17H2,1-5H3,(H,27,33). The Labute approximate surface area is 201 Å². The van der Waals surface area contributed by atoms with Gasteiger partial charge < -0.3 is 10.1 Å². The summed E-state index contributed by atoms with van der Waals surface area (Å²) in [6.07, 6.45) is 5.60. The van der Waals surface area contributed by atoms with Gasteiger partial charge in [-0.3, -0.25) is 19.2 Å². The van der Waals surface area contributed by atoms with Crippen LogP contribution in [0.1, 0.15) is 86.3 Å². The van der Waals surface area contributed by atoms with E-state index in [1.54, 1.807) is 11.8 Å². The molecule has 2 aromatic rings. The number of hydrogen-bond donors (Lipinski definition) is 1. The summed E-state index contributed by atoms with van der Waals surface area (Å²) in [5.74, 6) is -1.22. The molecule has 34 heavy (non-hydrogen) atoms. The maximum Gasteiger partial charge on any atom is 0.358 e. The summed E-state index contributed by atoms with van der Waals surface area (Å²) in [6.45, 7) is 8.17. The number of esters is 1. The predicted molar refractivity (Wildman–Crippen MR) is 131 cm³/mol. The van der Waals surface area contributed by atoms with Gasteiger partial charge in [0.15, 0.2) is 5.69 Å². The number of aryl methyl sites for hydroxylation is 1. The third-order valence-electron chi connectivity index (χ3n) is 6.49. The van der Waals surface area contributed by atoms with Gasteiger partial charge in [-0.25, -0.2) is 4.79 Å². The fourth-order valence-electron chi connectivity index (χ4n) is 4.53. The number of unbranched alkanes of at least 4 members (excludes halogenated alkanes) is 1. The summed E-state index contributed by atoms with van der Waals surface area (Å²) in [6, 6.07) is 9.15.